The molecular weight excluding hydrogens is 261 g/mol. The van der Waals surface area contributed by atoms with Gasteiger partial charge in [0, 0.05) is 6.04 Å². The molecular formula is C17H20BNO2. The van der Waals surface area contributed by atoms with E-state index in [0.29, 0.717) is 6.61 Å². The Hall–Kier alpha value is -1.78. The van der Waals surface area contributed by atoms with Crippen LogP contribution in [-0.4, -0.2) is 6.92 Å². The topological polar surface area (TPSA) is 44.5 Å². The summed E-state index contributed by atoms with van der Waals surface area (Å²) in [6.45, 7) is 6.99. The van der Waals surface area contributed by atoms with Gasteiger partial charge in [-0.15, -0.1) is 0 Å². The monoisotopic (exact) mass is 281 g/mol. The predicted octanol–water partition coefficient (Wildman–Crippen LogP) is 3.17. The van der Waals surface area contributed by atoms with Gasteiger partial charge in [-0.3, -0.25) is 0 Å². The second kappa shape index (κ2) is 5.55. The third-order valence-electron chi connectivity index (χ3n) is 4.08. The molecule has 0 amide bonds. The fourth-order valence-corrected chi connectivity index (χ4v) is 2.83. The van der Waals surface area contributed by atoms with Gasteiger partial charge in [-0.2, -0.15) is 0 Å². The van der Waals surface area contributed by atoms with Crippen molar-refractivity contribution in [3.05, 3.63) is 53.1 Å². The van der Waals surface area contributed by atoms with Gasteiger partial charge in [0.25, 0.3) is 0 Å². The minimum atomic E-state index is 0.0405. The highest BCUT2D eigenvalue weighted by Gasteiger charge is 2.26. The highest BCUT2D eigenvalue weighted by molar-refractivity contribution is 6.68. The molecule has 0 fully saturated rings. The third-order valence-corrected chi connectivity index (χ3v) is 4.08. The molecule has 0 saturated heterocycles. The number of hydrogen-bond donors (Lipinski definition) is 1. The van der Waals surface area contributed by atoms with E-state index in [2.05, 4.69) is 19.8 Å². The van der Waals surface area contributed by atoms with E-state index in [9.17, 15) is 0 Å². The lowest BCUT2D eigenvalue weighted by Crippen LogP contribution is -2.27. The van der Waals surface area contributed by atoms with Crippen molar-refractivity contribution in [2.45, 2.75) is 33.3 Å². The van der Waals surface area contributed by atoms with Crippen molar-refractivity contribution >= 4 is 12.4 Å². The van der Waals surface area contributed by atoms with E-state index < -0.39 is 0 Å². The Bertz CT molecular complexity index is 653. The first-order chi connectivity index (χ1) is 10.1. The van der Waals surface area contributed by atoms with Crippen molar-refractivity contribution in [2.24, 2.45) is 5.73 Å². The predicted molar refractivity (Wildman–Crippen MR) is 86.3 cm³/mol. The Labute approximate surface area is 126 Å². The van der Waals surface area contributed by atoms with Gasteiger partial charge in [0.15, 0.2) is 0 Å². The van der Waals surface area contributed by atoms with Gasteiger partial charge < -0.3 is 15.1 Å². The van der Waals surface area contributed by atoms with Crippen molar-refractivity contribution in [3.63, 3.8) is 0 Å². The van der Waals surface area contributed by atoms with E-state index in [-0.39, 0.29) is 13.0 Å². The minimum absolute atomic E-state index is 0.0405. The lowest BCUT2D eigenvalue weighted by Gasteiger charge is -2.13. The summed E-state index contributed by atoms with van der Waals surface area (Å²) in [4.78, 5) is 0. The average Bonchev–Trinajstić information content (AvgIpc) is 2.85. The summed E-state index contributed by atoms with van der Waals surface area (Å²) >= 11 is 0. The van der Waals surface area contributed by atoms with Crippen LogP contribution in [0.2, 0.25) is 6.82 Å². The zero-order valence-electron chi connectivity index (χ0n) is 12.7. The molecule has 108 valence electrons. The Morgan fingerprint density at radius 1 is 1.19 bits per heavy atom. The number of ether oxygens (including phenoxy) is 1. The van der Waals surface area contributed by atoms with Crippen molar-refractivity contribution in [1.82, 2.24) is 0 Å². The molecule has 0 bridgehead atoms. The van der Waals surface area contributed by atoms with Crippen LogP contribution in [0.3, 0.4) is 0 Å². The zero-order chi connectivity index (χ0) is 15.0. The lowest BCUT2D eigenvalue weighted by molar-refractivity contribution is 0.333. The Morgan fingerprint density at radius 3 is 2.57 bits per heavy atom. The van der Waals surface area contributed by atoms with Crippen LogP contribution in [0.1, 0.15) is 29.7 Å². The summed E-state index contributed by atoms with van der Waals surface area (Å²) < 4.78 is 11.7. The van der Waals surface area contributed by atoms with E-state index in [1.54, 1.807) is 0 Å². The first kappa shape index (κ1) is 14.2. The van der Waals surface area contributed by atoms with Crippen LogP contribution in [0.4, 0.5) is 0 Å². The molecule has 2 aromatic rings. The number of hydrogen-bond acceptors (Lipinski definition) is 3. The summed E-state index contributed by atoms with van der Waals surface area (Å²) in [5.74, 6) is 1.72. The number of benzene rings is 2. The zero-order valence-corrected chi connectivity index (χ0v) is 12.7. The maximum absolute atomic E-state index is 6.02. The lowest BCUT2D eigenvalue weighted by atomic mass is 9.62. The second-order valence-electron chi connectivity index (χ2n) is 5.67. The molecule has 1 aliphatic rings. The summed E-state index contributed by atoms with van der Waals surface area (Å²) in [6.07, 6.45) is 0. The molecule has 2 N–H and O–H groups in total. The number of fused-ring (bicyclic) bond motifs is 1. The summed E-state index contributed by atoms with van der Waals surface area (Å²) in [5, 5.41) is 0. The molecule has 0 unspecified atom stereocenters. The molecule has 2 aromatic carbocycles. The molecule has 0 aliphatic carbocycles. The van der Waals surface area contributed by atoms with E-state index >= 15 is 0 Å². The minimum Gasteiger partial charge on any atom is -0.457 e. The van der Waals surface area contributed by atoms with Gasteiger partial charge in [-0.1, -0.05) is 25.0 Å². The van der Waals surface area contributed by atoms with Crippen LogP contribution in [-0.2, 0) is 11.3 Å². The third kappa shape index (κ3) is 2.69. The highest BCUT2D eigenvalue weighted by atomic mass is 16.5. The van der Waals surface area contributed by atoms with Gasteiger partial charge in [-0.25, -0.2) is 0 Å². The average molecular weight is 281 g/mol. The molecule has 0 aromatic heterocycles. The normalized spacial score (nSPS) is 15.0. The SMILES string of the molecule is CB1OCc2ccc(Oc3ccc([C@H](C)N)cc3)c(C)c21. The fourth-order valence-electron chi connectivity index (χ4n) is 2.83. The van der Waals surface area contributed by atoms with Gasteiger partial charge in [0.05, 0.1) is 6.61 Å². The molecule has 21 heavy (non-hydrogen) atoms. The van der Waals surface area contributed by atoms with E-state index in [4.69, 9.17) is 15.1 Å². The van der Waals surface area contributed by atoms with Gasteiger partial charge >= 0.3 is 6.92 Å². The van der Waals surface area contributed by atoms with Gasteiger partial charge in [0.1, 0.15) is 11.5 Å². The van der Waals surface area contributed by atoms with Crippen molar-refractivity contribution in [3.8, 4) is 11.5 Å². The maximum atomic E-state index is 6.02. The molecule has 3 nitrogen and oxygen atoms in total. The van der Waals surface area contributed by atoms with Crippen LogP contribution >= 0.6 is 0 Å². The number of rotatable bonds is 3. The molecule has 1 aliphatic heterocycles. The molecule has 3 rings (SSSR count). The summed E-state index contributed by atoms with van der Waals surface area (Å²) in [6, 6.07) is 12.1. The van der Waals surface area contributed by atoms with Crippen molar-refractivity contribution in [2.75, 3.05) is 0 Å². The van der Waals surface area contributed by atoms with Crippen LogP contribution in [0, 0.1) is 6.92 Å². The molecule has 1 atom stereocenters. The van der Waals surface area contributed by atoms with Gasteiger partial charge in [-0.05, 0) is 54.2 Å². The van der Waals surface area contributed by atoms with Crippen LogP contribution in [0.15, 0.2) is 36.4 Å². The number of nitrogens with two attached hydrogens (primary N) is 1. The first-order valence-corrected chi connectivity index (χ1v) is 7.33. The quantitative estimate of drug-likeness (QED) is 0.879. The summed E-state index contributed by atoms with van der Waals surface area (Å²) in [5.41, 5.74) is 10.7. The van der Waals surface area contributed by atoms with Crippen LogP contribution < -0.4 is 15.9 Å². The first-order valence-electron chi connectivity index (χ1n) is 7.33. The standard InChI is InChI=1S/C17H20BNO2/c1-11-16(9-6-14-10-20-18(3)17(11)14)21-15-7-4-13(5-8-15)12(2)19/h4-9,12H,10,19H2,1-3H3/t12-/m0/s1. The maximum Gasteiger partial charge on any atom is 0.324 e. The fraction of sp³-hybridized carbons (Fsp3) is 0.294. The van der Waals surface area contributed by atoms with Gasteiger partial charge in [0.2, 0.25) is 0 Å². The molecule has 1 heterocycles. The van der Waals surface area contributed by atoms with Crippen LogP contribution in [0.5, 0.6) is 11.5 Å². The largest absolute Gasteiger partial charge is 0.457 e. The Kier molecular flexibility index (Phi) is 3.74. The molecule has 0 spiro atoms. The molecule has 4 heteroatoms. The van der Waals surface area contributed by atoms with Crippen molar-refractivity contribution in [1.29, 1.82) is 0 Å². The van der Waals surface area contributed by atoms with Crippen molar-refractivity contribution < 1.29 is 9.39 Å². The Balaban J connectivity index is 1.87. The van der Waals surface area contributed by atoms with E-state index in [0.717, 1.165) is 22.6 Å². The second-order valence-corrected chi connectivity index (χ2v) is 5.67. The molecule has 0 saturated carbocycles. The highest BCUT2D eigenvalue weighted by Crippen LogP contribution is 2.28. The smallest absolute Gasteiger partial charge is 0.324 e. The Morgan fingerprint density at radius 2 is 1.90 bits per heavy atom. The van der Waals surface area contributed by atoms with E-state index in [1.165, 1.54) is 11.0 Å². The van der Waals surface area contributed by atoms with E-state index in [1.807, 2.05) is 37.3 Å². The summed E-state index contributed by atoms with van der Waals surface area (Å²) in [7, 11) is 0. The molecule has 0 radical (unpaired) electrons. The van der Waals surface area contributed by atoms with Crippen LogP contribution in [0.25, 0.3) is 0 Å².